The van der Waals surface area contributed by atoms with Crippen LogP contribution < -0.4 is 4.74 Å². The van der Waals surface area contributed by atoms with E-state index in [-0.39, 0.29) is 0 Å². The minimum absolute atomic E-state index is 0.808. The zero-order valence-electron chi connectivity index (χ0n) is 23.8. The summed E-state index contributed by atoms with van der Waals surface area (Å²) in [5.74, 6) is 1.80. The third-order valence-corrected chi connectivity index (χ3v) is 8.90. The zero-order valence-corrected chi connectivity index (χ0v) is 23.8. The molecule has 0 saturated carbocycles. The number of hydrogen-bond donors (Lipinski definition) is 0. The van der Waals surface area contributed by atoms with Crippen LogP contribution in [0, 0.1) is 6.92 Å². The molecule has 3 nitrogen and oxygen atoms in total. The van der Waals surface area contributed by atoms with Crippen molar-refractivity contribution in [2.45, 2.75) is 13.3 Å². The van der Waals surface area contributed by atoms with Gasteiger partial charge in [-0.25, -0.2) is 0 Å². The smallest absolute Gasteiger partial charge is 0.131 e. The predicted octanol–water partition coefficient (Wildman–Crippen LogP) is 10.4. The third kappa shape index (κ3) is 3.61. The molecule has 0 aliphatic carbocycles. The Balaban J connectivity index is 1.11. The summed E-state index contributed by atoms with van der Waals surface area (Å²) in [6, 6.07) is 49.9. The minimum atomic E-state index is 0.808. The van der Waals surface area contributed by atoms with Gasteiger partial charge in [-0.3, -0.25) is 8.80 Å². The number of aromatic nitrogens is 2. The Morgan fingerprint density at radius 1 is 0.512 bits per heavy atom. The normalized spacial score (nSPS) is 11.9. The first-order valence-corrected chi connectivity index (χ1v) is 14.8. The van der Waals surface area contributed by atoms with Crippen molar-refractivity contribution in [2.24, 2.45) is 0 Å². The van der Waals surface area contributed by atoms with E-state index in [2.05, 4.69) is 131 Å². The largest absolute Gasteiger partial charge is 0.457 e. The lowest BCUT2D eigenvalue weighted by molar-refractivity contribution is 0.474. The molecule has 0 N–H and O–H groups in total. The van der Waals surface area contributed by atoms with Crippen LogP contribution in [0.4, 0.5) is 0 Å². The van der Waals surface area contributed by atoms with E-state index in [0.29, 0.717) is 0 Å². The lowest BCUT2D eigenvalue weighted by Gasteiger charge is -2.13. The van der Waals surface area contributed by atoms with Gasteiger partial charge in [0, 0.05) is 22.6 Å². The van der Waals surface area contributed by atoms with Gasteiger partial charge in [-0.2, -0.15) is 0 Å². The predicted molar refractivity (Wildman–Crippen MR) is 178 cm³/mol. The highest BCUT2D eigenvalue weighted by atomic mass is 16.5. The Morgan fingerprint density at radius 3 is 1.91 bits per heavy atom. The molecule has 0 atom stereocenters. The Morgan fingerprint density at radius 2 is 1.12 bits per heavy atom. The van der Waals surface area contributed by atoms with Gasteiger partial charge in [0.2, 0.25) is 0 Å². The fourth-order valence-electron chi connectivity index (χ4n) is 6.83. The molecule has 3 heterocycles. The Bertz CT molecular complexity index is 2450. The number of fused-ring (bicyclic) bond motifs is 9. The fourth-order valence-corrected chi connectivity index (χ4v) is 6.83. The van der Waals surface area contributed by atoms with Crippen LogP contribution in [0.3, 0.4) is 0 Å². The van der Waals surface area contributed by atoms with E-state index in [9.17, 15) is 0 Å². The molecule has 0 spiro atoms. The van der Waals surface area contributed by atoms with Crippen LogP contribution in [0.2, 0.25) is 0 Å². The molecule has 0 amide bonds. The van der Waals surface area contributed by atoms with Gasteiger partial charge in [0.25, 0.3) is 0 Å². The first kappa shape index (κ1) is 24.1. The van der Waals surface area contributed by atoms with Crippen LogP contribution in [0.1, 0.15) is 16.7 Å². The molecule has 0 bridgehead atoms. The number of nitrogens with zero attached hydrogens (tertiary/aromatic N) is 2. The molecule has 0 saturated heterocycles. The van der Waals surface area contributed by atoms with E-state index >= 15 is 0 Å². The maximum Gasteiger partial charge on any atom is 0.131 e. The molecule has 0 fully saturated rings. The van der Waals surface area contributed by atoms with Gasteiger partial charge in [0.15, 0.2) is 0 Å². The minimum Gasteiger partial charge on any atom is -0.457 e. The number of hydrogen-bond acceptors (Lipinski definition) is 1. The van der Waals surface area contributed by atoms with Crippen molar-refractivity contribution in [3.8, 4) is 22.6 Å². The van der Waals surface area contributed by atoms with Crippen LogP contribution >= 0.6 is 0 Å². The van der Waals surface area contributed by atoms with Gasteiger partial charge in [0.1, 0.15) is 17.1 Å². The molecule has 204 valence electrons. The monoisotopic (exact) mass is 552 g/mol. The Kier molecular flexibility index (Phi) is 5.17. The second-order valence-electron chi connectivity index (χ2n) is 11.5. The van der Waals surface area contributed by atoms with Crippen molar-refractivity contribution in [1.29, 1.82) is 0 Å². The highest BCUT2D eigenvalue weighted by molar-refractivity contribution is 6.24. The molecular weight excluding hydrogens is 524 g/mol. The number of aryl methyl sites for hydroxylation is 1. The second kappa shape index (κ2) is 9.23. The van der Waals surface area contributed by atoms with Crippen molar-refractivity contribution < 1.29 is 4.74 Å². The second-order valence-corrected chi connectivity index (χ2v) is 11.5. The molecule has 9 rings (SSSR count). The van der Waals surface area contributed by atoms with E-state index in [0.717, 1.165) is 23.5 Å². The average Bonchev–Trinajstić information content (AvgIpc) is 3.68. The summed E-state index contributed by atoms with van der Waals surface area (Å²) in [5.41, 5.74) is 12.3. The number of para-hydroxylation sites is 5. The highest BCUT2D eigenvalue weighted by Crippen LogP contribution is 2.42. The third-order valence-electron chi connectivity index (χ3n) is 8.90. The maximum absolute atomic E-state index is 6.34. The number of ether oxygens (including phenoxy) is 1. The summed E-state index contributed by atoms with van der Waals surface area (Å²) in [7, 11) is 0. The fraction of sp³-hybridized carbons (Fsp3) is 0.0500. The molecule has 43 heavy (non-hydrogen) atoms. The first-order chi connectivity index (χ1) is 21.2. The summed E-state index contributed by atoms with van der Waals surface area (Å²) in [6.45, 7) is 2.08. The van der Waals surface area contributed by atoms with Gasteiger partial charge < -0.3 is 4.74 Å². The molecule has 6 aromatic carbocycles. The maximum atomic E-state index is 6.34. The molecule has 0 aliphatic heterocycles. The van der Waals surface area contributed by atoms with E-state index in [1.54, 1.807) is 0 Å². The summed E-state index contributed by atoms with van der Waals surface area (Å²) in [5, 5.41) is 3.93. The molecule has 9 aromatic rings. The van der Waals surface area contributed by atoms with Gasteiger partial charge in [-0.1, -0.05) is 103 Å². The molecule has 3 aromatic heterocycles. The number of imidazole rings is 1. The van der Waals surface area contributed by atoms with Gasteiger partial charge >= 0.3 is 0 Å². The summed E-state index contributed by atoms with van der Waals surface area (Å²) in [6.07, 6.45) is 0.808. The van der Waals surface area contributed by atoms with E-state index in [4.69, 9.17) is 4.74 Å². The lowest BCUT2D eigenvalue weighted by Crippen LogP contribution is -1.95. The van der Waals surface area contributed by atoms with Crippen molar-refractivity contribution in [1.82, 2.24) is 8.80 Å². The van der Waals surface area contributed by atoms with Crippen molar-refractivity contribution in [2.75, 3.05) is 0 Å². The number of rotatable bonds is 5. The van der Waals surface area contributed by atoms with Crippen LogP contribution in [-0.2, 0) is 6.42 Å². The Hall–Kier alpha value is -5.54. The SMILES string of the molecule is Cc1ccccc1Oc1ccccc1Cc1ccc(-c2ccc3c4c5ccccc5n5c6ccccc6n(c3c2)c45)cc1. The first-order valence-electron chi connectivity index (χ1n) is 14.8. The quantitative estimate of drug-likeness (QED) is 0.208. The van der Waals surface area contributed by atoms with E-state index in [1.165, 1.54) is 66.1 Å². The summed E-state index contributed by atoms with van der Waals surface area (Å²) < 4.78 is 11.2. The van der Waals surface area contributed by atoms with Gasteiger partial charge in [-0.15, -0.1) is 0 Å². The molecule has 0 aliphatic rings. The van der Waals surface area contributed by atoms with Crippen LogP contribution in [-0.4, -0.2) is 8.80 Å². The molecule has 0 unspecified atom stereocenters. The van der Waals surface area contributed by atoms with Crippen LogP contribution in [0.15, 0.2) is 140 Å². The van der Waals surface area contributed by atoms with Crippen molar-refractivity contribution in [3.05, 3.63) is 156 Å². The van der Waals surface area contributed by atoms with Crippen molar-refractivity contribution >= 4 is 43.9 Å². The van der Waals surface area contributed by atoms with Crippen molar-refractivity contribution in [3.63, 3.8) is 0 Å². The molecular formula is C40H28N2O. The van der Waals surface area contributed by atoms with E-state index in [1.807, 2.05) is 24.3 Å². The van der Waals surface area contributed by atoms with Crippen LogP contribution in [0.25, 0.3) is 55.0 Å². The highest BCUT2D eigenvalue weighted by Gasteiger charge is 2.22. The molecule has 0 radical (unpaired) electrons. The number of benzene rings is 6. The average molecular weight is 553 g/mol. The lowest BCUT2D eigenvalue weighted by atomic mass is 9.99. The van der Waals surface area contributed by atoms with E-state index < -0.39 is 0 Å². The van der Waals surface area contributed by atoms with Crippen LogP contribution in [0.5, 0.6) is 11.5 Å². The standard InChI is InChI=1S/C40H28N2O/c1-26-10-2-8-16-37(26)43-38-17-9-3-11-30(38)24-27-18-20-28(21-19-27)29-22-23-32-36(25-29)42-35-15-7-6-14-34(35)41-33-13-5-4-12-31(33)39(32)40(41)42/h2-23,25H,24H2,1H3. The summed E-state index contributed by atoms with van der Waals surface area (Å²) in [4.78, 5) is 0. The molecule has 3 heteroatoms. The van der Waals surface area contributed by atoms with Gasteiger partial charge in [-0.05, 0) is 71.1 Å². The zero-order chi connectivity index (χ0) is 28.5. The summed E-state index contributed by atoms with van der Waals surface area (Å²) >= 11 is 0. The topological polar surface area (TPSA) is 18.1 Å². The van der Waals surface area contributed by atoms with Gasteiger partial charge in [0.05, 0.1) is 22.1 Å². The Labute approximate surface area is 249 Å².